The third kappa shape index (κ3) is 2.32. The van der Waals surface area contributed by atoms with Crippen LogP contribution in [0.1, 0.15) is 25.3 Å². The molecule has 0 aliphatic carbocycles. The van der Waals surface area contributed by atoms with Gasteiger partial charge in [-0.1, -0.05) is 12.1 Å². The summed E-state index contributed by atoms with van der Waals surface area (Å²) in [4.78, 5) is 0. The maximum Gasteiger partial charge on any atom is 0.123 e. The molecule has 0 aromatic heterocycles. The predicted molar refractivity (Wildman–Crippen MR) is 58.6 cm³/mol. The molecule has 1 fully saturated rings. The summed E-state index contributed by atoms with van der Waals surface area (Å²) in [6.45, 7) is 2.61. The van der Waals surface area contributed by atoms with Gasteiger partial charge in [-0.2, -0.15) is 0 Å². The molecule has 2 atom stereocenters. The van der Waals surface area contributed by atoms with Gasteiger partial charge in [-0.05, 0) is 37.5 Å². The van der Waals surface area contributed by atoms with E-state index >= 15 is 0 Å². The van der Waals surface area contributed by atoms with Gasteiger partial charge < -0.3 is 4.74 Å². The van der Waals surface area contributed by atoms with E-state index in [1.54, 1.807) is 6.07 Å². The van der Waals surface area contributed by atoms with Crippen LogP contribution in [0.5, 0.6) is 0 Å². The Bertz CT molecular complexity index is 355. The number of hydrogen-bond acceptors (Lipinski definition) is 1. The van der Waals surface area contributed by atoms with Crippen LogP contribution < -0.4 is 0 Å². The number of rotatable bonds is 1. The van der Waals surface area contributed by atoms with Crippen LogP contribution in [0.2, 0.25) is 0 Å². The first kappa shape index (κ1) is 10.9. The van der Waals surface area contributed by atoms with Gasteiger partial charge in [-0.25, -0.2) is 4.39 Å². The average Bonchev–Trinajstić information content (AvgIpc) is 2.17. The summed E-state index contributed by atoms with van der Waals surface area (Å²) in [7, 11) is 0. The second kappa shape index (κ2) is 4.11. The summed E-state index contributed by atoms with van der Waals surface area (Å²) in [5, 5.41) is 0.118. The smallest absolute Gasteiger partial charge is 0.123 e. The zero-order valence-corrected chi connectivity index (χ0v) is 9.43. The molecule has 1 aromatic rings. The highest BCUT2D eigenvalue weighted by Crippen LogP contribution is 2.36. The highest BCUT2D eigenvalue weighted by Gasteiger charge is 2.34. The lowest BCUT2D eigenvalue weighted by Crippen LogP contribution is -2.35. The third-order valence-electron chi connectivity index (χ3n) is 2.90. The number of hydrogen-bond donors (Lipinski definition) is 0. The third-order valence-corrected chi connectivity index (χ3v) is 3.27. The van der Waals surface area contributed by atoms with Gasteiger partial charge in [0.2, 0.25) is 0 Å². The zero-order valence-electron chi connectivity index (χ0n) is 8.67. The number of ether oxygens (including phenoxy) is 1. The molecule has 0 saturated carbocycles. The van der Waals surface area contributed by atoms with Gasteiger partial charge in [-0.3, -0.25) is 0 Å². The lowest BCUT2D eigenvalue weighted by atomic mass is 9.88. The Balaban J connectivity index is 2.28. The molecular formula is C12H14ClFO. The Labute approximate surface area is 94.2 Å². The highest BCUT2D eigenvalue weighted by atomic mass is 35.5. The normalized spacial score (nSPS) is 31.5. The summed E-state index contributed by atoms with van der Waals surface area (Å²) >= 11 is 6.12. The monoisotopic (exact) mass is 228 g/mol. The molecule has 1 heterocycles. The van der Waals surface area contributed by atoms with Crippen LogP contribution in [0.25, 0.3) is 0 Å². The molecule has 0 amide bonds. The van der Waals surface area contributed by atoms with Crippen molar-refractivity contribution < 1.29 is 9.13 Å². The lowest BCUT2D eigenvalue weighted by molar-refractivity contribution is -0.0685. The molecular weight excluding hydrogens is 215 g/mol. The van der Waals surface area contributed by atoms with Crippen molar-refractivity contribution in [3.63, 3.8) is 0 Å². The SMILES string of the molecule is CC1(c2cccc(F)c2)CC(Cl)CCO1. The van der Waals surface area contributed by atoms with E-state index in [0.29, 0.717) is 6.61 Å². The molecule has 1 aliphatic heterocycles. The average molecular weight is 229 g/mol. The van der Waals surface area contributed by atoms with Crippen LogP contribution in [0, 0.1) is 5.82 Å². The molecule has 2 rings (SSSR count). The molecule has 1 aromatic carbocycles. The summed E-state index contributed by atoms with van der Waals surface area (Å²) in [5.41, 5.74) is 0.431. The fraction of sp³-hybridized carbons (Fsp3) is 0.500. The first-order valence-corrected chi connectivity index (χ1v) is 5.58. The van der Waals surface area contributed by atoms with Crippen molar-refractivity contribution >= 4 is 11.6 Å². The van der Waals surface area contributed by atoms with Gasteiger partial charge in [0.1, 0.15) is 5.82 Å². The molecule has 1 saturated heterocycles. The fourth-order valence-electron chi connectivity index (χ4n) is 2.01. The molecule has 15 heavy (non-hydrogen) atoms. The maximum absolute atomic E-state index is 13.1. The molecule has 1 aliphatic rings. The summed E-state index contributed by atoms with van der Waals surface area (Å²) in [5.74, 6) is -0.228. The van der Waals surface area contributed by atoms with Crippen LogP contribution >= 0.6 is 11.6 Å². The van der Waals surface area contributed by atoms with Crippen molar-refractivity contribution in [3.05, 3.63) is 35.6 Å². The van der Waals surface area contributed by atoms with E-state index in [0.717, 1.165) is 18.4 Å². The van der Waals surface area contributed by atoms with Crippen LogP contribution in [0.15, 0.2) is 24.3 Å². The molecule has 0 bridgehead atoms. The van der Waals surface area contributed by atoms with Crippen LogP contribution in [0.4, 0.5) is 4.39 Å². The van der Waals surface area contributed by atoms with Crippen molar-refractivity contribution in [3.8, 4) is 0 Å². The first-order chi connectivity index (χ1) is 7.10. The molecule has 3 heteroatoms. The van der Waals surface area contributed by atoms with Crippen molar-refractivity contribution in [2.45, 2.75) is 30.7 Å². The molecule has 82 valence electrons. The van der Waals surface area contributed by atoms with E-state index in [9.17, 15) is 4.39 Å². The van der Waals surface area contributed by atoms with E-state index in [4.69, 9.17) is 16.3 Å². The van der Waals surface area contributed by atoms with Gasteiger partial charge in [-0.15, -0.1) is 11.6 Å². The minimum Gasteiger partial charge on any atom is -0.370 e. The Morgan fingerprint density at radius 3 is 3.00 bits per heavy atom. The summed E-state index contributed by atoms with van der Waals surface area (Å²) in [6.07, 6.45) is 1.60. The molecule has 2 unspecified atom stereocenters. The van der Waals surface area contributed by atoms with Crippen molar-refractivity contribution in [2.24, 2.45) is 0 Å². The zero-order chi connectivity index (χ0) is 10.9. The largest absolute Gasteiger partial charge is 0.370 e. The van der Waals surface area contributed by atoms with E-state index in [1.807, 2.05) is 13.0 Å². The van der Waals surface area contributed by atoms with Gasteiger partial charge in [0.05, 0.1) is 5.60 Å². The number of alkyl halides is 1. The van der Waals surface area contributed by atoms with Gasteiger partial charge in [0, 0.05) is 12.0 Å². The van der Waals surface area contributed by atoms with Gasteiger partial charge in [0.25, 0.3) is 0 Å². The van der Waals surface area contributed by atoms with Crippen molar-refractivity contribution in [1.82, 2.24) is 0 Å². The minimum absolute atomic E-state index is 0.118. The van der Waals surface area contributed by atoms with Crippen LogP contribution in [-0.4, -0.2) is 12.0 Å². The summed E-state index contributed by atoms with van der Waals surface area (Å²) in [6, 6.07) is 6.55. The Kier molecular flexibility index (Phi) is 2.98. The molecule has 1 nitrogen and oxygen atoms in total. The van der Waals surface area contributed by atoms with E-state index in [1.165, 1.54) is 12.1 Å². The predicted octanol–water partition coefficient (Wildman–Crippen LogP) is 3.46. The quantitative estimate of drug-likeness (QED) is 0.669. The standard InChI is InChI=1S/C12H14ClFO/c1-12(8-10(13)5-6-15-12)9-3-2-4-11(14)7-9/h2-4,7,10H,5-6,8H2,1H3. The second-order valence-electron chi connectivity index (χ2n) is 4.18. The Morgan fingerprint density at radius 2 is 2.33 bits per heavy atom. The van der Waals surface area contributed by atoms with E-state index in [2.05, 4.69) is 0 Å². The van der Waals surface area contributed by atoms with Gasteiger partial charge in [0.15, 0.2) is 0 Å². The number of halogens is 2. The van der Waals surface area contributed by atoms with Crippen LogP contribution in [0.3, 0.4) is 0 Å². The van der Waals surface area contributed by atoms with E-state index < -0.39 is 5.60 Å². The van der Waals surface area contributed by atoms with Crippen LogP contribution in [-0.2, 0) is 10.3 Å². The van der Waals surface area contributed by atoms with Gasteiger partial charge >= 0.3 is 0 Å². The molecule has 0 N–H and O–H groups in total. The maximum atomic E-state index is 13.1. The first-order valence-electron chi connectivity index (χ1n) is 5.14. The lowest BCUT2D eigenvalue weighted by Gasteiger charge is -2.36. The molecule has 0 spiro atoms. The highest BCUT2D eigenvalue weighted by molar-refractivity contribution is 6.20. The van der Waals surface area contributed by atoms with E-state index in [-0.39, 0.29) is 11.2 Å². The fourth-order valence-corrected chi connectivity index (χ4v) is 2.40. The van der Waals surface area contributed by atoms with Crippen molar-refractivity contribution in [1.29, 1.82) is 0 Å². The number of benzene rings is 1. The minimum atomic E-state index is -0.438. The Morgan fingerprint density at radius 1 is 1.53 bits per heavy atom. The Hall–Kier alpha value is -0.600. The molecule has 0 radical (unpaired) electrons. The summed E-state index contributed by atoms with van der Waals surface area (Å²) < 4.78 is 18.8. The van der Waals surface area contributed by atoms with Crippen molar-refractivity contribution in [2.75, 3.05) is 6.61 Å². The second-order valence-corrected chi connectivity index (χ2v) is 4.80. The topological polar surface area (TPSA) is 9.23 Å².